The third-order valence-electron chi connectivity index (χ3n) is 6.68. The number of hydrogen-bond acceptors (Lipinski definition) is 6. The number of aromatic nitrogens is 5. The average Bonchev–Trinajstić information content (AvgIpc) is 3.40. The van der Waals surface area contributed by atoms with Gasteiger partial charge < -0.3 is 11.1 Å². The lowest BCUT2D eigenvalue weighted by Crippen LogP contribution is -2.28. The van der Waals surface area contributed by atoms with Gasteiger partial charge in [-0.2, -0.15) is 5.10 Å². The number of para-hydroxylation sites is 1. The Morgan fingerprint density at radius 1 is 0.950 bits per heavy atom. The van der Waals surface area contributed by atoms with Gasteiger partial charge in [0.2, 0.25) is 0 Å². The van der Waals surface area contributed by atoms with Crippen LogP contribution in [0.5, 0.6) is 0 Å². The van der Waals surface area contributed by atoms with E-state index in [4.69, 9.17) is 10.7 Å². The minimum atomic E-state index is -0.400. The van der Waals surface area contributed by atoms with Crippen molar-refractivity contribution in [1.29, 1.82) is 0 Å². The van der Waals surface area contributed by atoms with E-state index in [-0.39, 0.29) is 17.3 Å². The lowest BCUT2D eigenvalue weighted by atomic mass is 9.97. The van der Waals surface area contributed by atoms with Crippen molar-refractivity contribution >= 4 is 33.5 Å². The van der Waals surface area contributed by atoms with E-state index < -0.39 is 6.04 Å². The summed E-state index contributed by atoms with van der Waals surface area (Å²) < 4.78 is 1.72. The van der Waals surface area contributed by atoms with Gasteiger partial charge in [-0.1, -0.05) is 54.3 Å². The van der Waals surface area contributed by atoms with Crippen molar-refractivity contribution in [1.82, 2.24) is 30.0 Å². The highest BCUT2D eigenvalue weighted by atomic mass is 16.1. The zero-order valence-corrected chi connectivity index (χ0v) is 22.0. The Bertz CT molecular complexity index is 1950. The van der Waals surface area contributed by atoms with Gasteiger partial charge in [-0.3, -0.25) is 14.5 Å². The van der Waals surface area contributed by atoms with E-state index >= 15 is 0 Å². The molecule has 2 aromatic carbocycles. The highest BCUT2D eigenvalue weighted by Gasteiger charge is 2.22. The second-order valence-corrected chi connectivity index (χ2v) is 9.48. The van der Waals surface area contributed by atoms with Gasteiger partial charge in [-0.05, 0) is 31.2 Å². The summed E-state index contributed by atoms with van der Waals surface area (Å²) in [6, 6.07) is 21.1. The number of nitrogen functional groups attached to an aromatic ring is 1. The molecule has 0 saturated heterocycles. The number of benzene rings is 2. The number of nitrogens with one attached hydrogen (secondary N) is 1. The van der Waals surface area contributed by atoms with Crippen LogP contribution in [0.3, 0.4) is 0 Å². The van der Waals surface area contributed by atoms with Crippen molar-refractivity contribution in [3.63, 3.8) is 0 Å². The first kappa shape index (κ1) is 24.8. The van der Waals surface area contributed by atoms with Gasteiger partial charge in [0, 0.05) is 47.5 Å². The third-order valence-corrected chi connectivity index (χ3v) is 6.68. The Kier molecular flexibility index (Phi) is 6.38. The predicted molar refractivity (Wildman–Crippen MR) is 156 cm³/mol. The number of fused-ring (bicyclic) bond motifs is 2. The van der Waals surface area contributed by atoms with Crippen molar-refractivity contribution in [2.45, 2.75) is 13.0 Å². The van der Waals surface area contributed by atoms with E-state index in [1.807, 2.05) is 74.8 Å². The highest BCUT2D eigenvalue weighted by Crippen LogP contribution is 2.31. The maximum absolute atomic E-state index is 13.5. The van der Waals surface area contributed by atoms with Gasteiger partial charge in [0.1, 0.15) is 11.4 Å². The summed E-state index contributed by atoms with van der Waals surface area (Å²) in [5.74, 6) is 6.22. The summed E-state index contributed by atoms with van der Waals surface area (Å²) in [6.45, 7) is 1.93. The summed E-state index contributed by atoms with van der Waals surface area (Å²) in [5, 5.41) is 8.96. The number of pyridine rings is 3. The van der Waals surface area contributed by atoms with Crippen LogP contribution in [-0.4, -0.2) is 30.6 Å². The summed E-state index contributed by atoms with van der Waals surface area (Å²) in [6.07, 6.45) is 6.86. The fourth-order valence-corrected chi connectivity index (χ4v) is 4.72. The molecule has 6 rings (SSSR count). The number of amides is 1. The molecule has 0 unspecified atom stereocenters. The minimum absolute atomic E-state index is 0.132. The summed E-state index contributed by atoms with van der Waals surface area (Å²) in [4.78, 5) is 27.2. The molecule has 194 valence electrons. The molecule has 40 heavy (non-hydrogen) atoms. The standard InChI is InChI=1S/C32H25N7O/c1-20(37-32(40)27-30-25(12-7-15-34-30)18-35-31(27)33)26-16-24-11-6-10-23(14-13-21-17-36-39(2)19-21)28(24)38-29(26)22-8-4-3-5-9-22/h3-12,15-20H,1-2H3,(H2,33,35)(H,37,40)/t20-/m0/s1. The van der Waals surface area contributed by atoms with E-state index in [1.54, 1.807) is 29.3 Å². The number of rotatable bonds is 4. The maximum atomic E-state index is 13.5. The van der Waals surface area contributed by atoms with Crippen LogP contribution in [-0.2, 0) is 7.05 Å². The molecule has 0 aliphatic rings. The topological polar surface area (TPSA) is 112 Å². The molecule has 3 N–H and O–H groups in total. The van der Waals surface area contributed by atoms with Gasteiger partial charge in [-0.25, -0.2) is 9.97 Å². The fourth-order valence-electron chi connectivity index (χ4n) is 4.72. The second kappa shape index (κ2) is 10.3. The summed E-state index contributed by atoms with van der Waals surface area (Å²) in [7, 11) is 1.86. The van der Waals surface area contributed by atoms with Crippen LogP contribution in [0, 0.1) is 11.8 Å². The number of carbonyl (C=O) groups is 1. The molecular formula is C32H25N7O. The monoisotopic (exact) mass is 523 g/mol. The van der Waals surface area contributed by atoms with Crippen LogP contribution in [0.2, 0.25) is 0 Å². The Labute approximate surface area is 230 Å². The molecular weight excluding hydrogens is 498 g/mol. The molecule has 0 aliphatic heterocycles. The molecule has 0 radical (unpaired) electrons. The molecule has 0 fully saturated rings. The molecule has 0 spiro atoms. The van der Waals surface area contributed by atoms with Crippen LogP contribution in [0.1, 0.15) is 40.0 Å². The van der Waals surface area contributed by atoms with Gasteiger partial charge in [0.15, 0.2) is 0 Å². The lowest BCUT2D eigenvalue weighted by molar-refractivity contribution is 0.0942. The Morgan fingerprint density at radius 2 is 1.77 bits per heavy atom. The van der Waals surface area contributed by atoms with Gasteiger partial charge in [0.25, 0.3) is 5.91 Å². The average molecular weight is 524 g/mol. The van der Waals surface area contributed by atoms with Crippen LogP contribution in [0.4, 0.5) is 5.82 Å². The van der Waals surface area contributed by atoms with Crippen LogP contribution in [0.15, 0.2) is 91.5 Å². The molecule has 4 heterocycles. The molecule has 1 atom stereocenters. The molecule has 0 aliphatic carbocycles. The molecule has 4 aromatic heterocycles. The normalized spacial score (nSPS) is 11.7. The van der Waals surface area contributed by atoms with Crippen LogP contribution < -0.4 is 11.1 Å². The number of anilines is 1. The smallest absolute Gasteiger partial charge is 0.257 e. The Hall–Kier alpha value is -5.55. The van der Waals surface area contributed by atoms with Crippen molar-refractivity contribution in [3.05, 3.63) is 114 Å². The van der Waals surface area contributed by atoms with E-state index in [1.165, 1.54) is 0 Å². The third kappa shape index (κ3) is 4.72. The fraction of sp³-hybridized carbons (Fsp3) is 0.0938. The van der Waals surface area contributed by atoms with Crippen LogP contribution in [0.25, 0.3) is 33.1 Å². The summed E-state index contributed by atoms with van der Waals surface area (Å²) >= 11 is 0. The number of aryl methyl sites for hydroxylation is 1. The van der Waals surface area contributed by atoms with Crippen LogP contribution >= 0.6 is 0 Å². The predicted octanol–water partition coefficient (Wildman–Crippen LogP) is 5.05. The van der Waals surface area contributed by atoms with E-state index in [0.29, 0.717) is 5.52 Å². The highest BCUT2D eigenvalue weighted by molar-refractivity contribution is 6.09. The zero-order valence-electron chi connectivity index (χ0n) is 22.0. The summed E-state index contributed by atoms with van der Waals surface area (Å²) in [5.41, 5.74) is 11.9. The molecule has 0 bridgehead atoms. The van der Waals surface area contributed by atoms with E-state index in [9.17, 15) is 4.79 Å². The lowest BCUT2D eigenvalue weighted by Gasteiger charge is -2.20. The molecule has 6 aromatic rings. The van der Waals surface area contributed by atoms with Crippen molar-refractivity contribution in [2.75, 3.05) is 5.73 Å². The number of nitrogens with zero attached hydrogens (tertiary/aromatic N) is 5. The molecule has 8 nitrogen and oxygen atoms in total. The van der Waals surface area contributed by atoms with Crippen molar-refractivity contribution in [2.24, 2.45) is 7.05 Å². The number of carbonyl (C=O) groups excluding carboxylic acids is 1. The van der Waals surface area contributed by atoms with Gasteiger partial charge >= 0.3 is 0 Å². The van der Waals surface area contributed by atoms with E-state index in [0.717, 1.165) is 44.2 Å². The van der Waals surface area contributed by atoms with E-state index in [2.05, 4.69) is 38.3 Å². The first-order valence-corrected chi connectivity index (χ1v) is 12.8. The first-order chi connectivity index (χ1) is 19.5. The second-order valence-electron chi connectivity index (χ2n) is 9.48. The van der Waals surface area contributed by atoms with Crippen molar-refractivity contribution < 1.29 is 4.79 Å². The van der Waals surface area contributed by atoms with Crippen molar-refractivity contribution in [3.8, 4) is 23.1 Å². The Balaban J connectivity index is 1.44. The number of hydrogen-bond donors (Lipinski definition) is 2. The maximum Gasteiger partial charge on any atom is 0.257 e. The molecule has 0 saturated carbocycles. The van der Waals surface area contributed by atoms with Gasteiger partial charge in [-0.15, -0.1) is 0 Å². The molecule has 1 amide bonds. The quantitative estimate of drug-likeness (QED) is 0.313. The first-order valence-electron chi connectivity index (χ1n) is 12.8. The van der Waals surface area contributed by atoms with Gasteiger partial charge in [0.05, 0.1) is 40.1 Å². The largest absolute Gasteiger partial charge is 0.383 e. The molecule has 8 heteroatoms. The Morgan fingerprint density at radius 3 is 2.58 bits per heavy atom. The SMILES string of the molecule is C[C@H](NC(=O)c1c(N)ncc2cccnc12)c1cc2cccc(C#Cc3cnn(C)c3)c2nc1-c1ccccc1. The minimum Gasteiger partial charge on any atom is -0.383 e. The zero-order chi connectivity index (χ0) is 27.6. The number of nitrogens with two attached hydrogens (primary N) is 1.